The van der Waals surface area contributed by atoms with Crippen molar-refractivity contribution in [2.75, 3.05) is 13.1 Å². The number of likely N-dealkylation sites (tertiary alicyclic amines) is 1. The molecule has 0 amide bonds. The highest BCUT2D eigenvalue weighted by Crippen LogP contribution is 2.33. The molecule has 1 heterocycles. The molecule has 18 heavy (non-hydrogen) atoms. The van der Waals surface area contributed by atoms with Gasteiger partial charge in [-0.25, -0.2) is 0 Å². The Balaban J connectivity index is 2.07. The first-order valence-corrected chi connectivity index (χ1v) is 6.87. The second kappa shape index (κ2) is 5.66. The summed E-state index contributed by atoms with van der Waals surface area (Å²) < 4.78 is 0. The Labute approximate surface area is 117 Å². The maximum atomic E-state index is 9.92. The number of nitrogens with zero attached hydrogens (tertiary/aromatic N) is 1. The van der Waals surface area contributed by atoms with Crippen LogP contribution in [0.3, 0.4) is 0 Å². The minimum atomic E-state index is 0.130. The molecule has 0 bridgehead atoms. The molecule has 0 spiro atoms. The summed E-state index contributed by atoms with van der Waals surface area (Å²) in [7, 11) is 0. The van der Waals surface area contributed by atoms with Gasteiger partial charge in [0.25, 0.3) is 0 Å². The number of nitrogens with two attached hydrogens (primary N) is 1. The Morgan fingerprint density at radius 1 is 1.50 bits per heavy atom. The molecule has 2 rings (SSSR count). The molecular weight excluding hydrogens is 271 g/mol. The van der Waals surface area contributed by atoms with Gasteiger partial charge in [0, 0.05) is 29.7 Å². The smallest absolute Gasteiger partial charge is 0.138 e. The first-order chi connectivity index (χ1) is 8.47. The summed E-state index contributed by atoms with van der Waals surface area (Å²) >= 11 is 11.9. The van der Waals surface area contributed by atoms with Gasteiger partial charge < -0.3 is 10.8 Å². The first kappa shape index (κ1) is 13.9. The lowest BCUT2D eigenvalue weighted by molar-refractivity contribution is 0.303. The molecule has 2 atom stereocenters. The highest BCUT2D eigenvalue weighted by Gasteiger charge is 2.25. The van der Waals surface area contributed by atoms with Crippen LogP contribution in [0.15, 0.2) is 12.1 Å². The van der Waals surface area contributed by atoms with Gasteiger partial charge >= 0.3 is 0 Å². The van der Waals surface area contributed by atoms with Gasteiger partial charge in [-0.2, -0.15) is 0 Å². The summed E-state index contributed by atoms with van der Waals surface area (Å²) in [6.07, 6.45) is 1.10. The van der Waals surface area contributed by atoms with Crippen molar-refractivity contribution in [2.45, 2.75) is 25.9 Å². The van der Waals surface area contributed by atoms with E-state index in [-0.39, 0.29) is 11.8 Å². The normalized spacial score (nSPS) is 22.3. The monoisotopic (exact) mass is 288 g/mol. The van der Waals surface area contributed by atoms with Gasteiger partial charge in [0.1, 0.15) is 5.75 Å². The van der Waals surface area contributed by atoms with Crippen molar-refractivity contribution in [1.29, 1.82) is 0 Å². The fourth-order valence-corrected chi connectivity index (χ4v) is 2.95. The molecular formula is C13H18Cl2N2O. The van der Waals surface area contributed by atoms with Gasteiger partial charge in [-0.1, -0.05) is 23.2 Å². The number of benzene rings is 1. The van der Waals surface area contributed by atoms with Crippen LogP contribution in [-0.4, -0.2) is 29.1 Å². The van der Waals surface area contributed by atoms with E-state index in [4.69, 9.17) is 28.9 Å². The predicted molar refractivity (Wildman–Crippen MR) is 75.2 cm³/mol. The molecule has 1 aromatic carbocycles. The number of phenols is 1. The molecule has 3 N–H and O–H groups in total. The van der Waals surface area contributed by atoms with Gasteiger partial charge in [0.2, 0.25) is 0 Å². The van der Waals surface area contributed by atoms with E-state index in [2.05, 4.69) is 4.90 Å². The van der Waals surface area contributed by atoms with Crippen LogP contribution in [0.4, 0.5) is 0 Å². The fourth-order valence-electron chi connectivity index (χ4n) is 2.42. The summed E-state index contributed by atoms with van der Waals surface area (Å²) in [4.78, 5) is 2.27. The molecule has 3 nitrogen and oxygen atoms in total. The van der Waals surface area contributed by atoms with Gasteiger partial charge in [0.15, 0.2) is 0 Å². The van der Waals surface area contributed by atoms with Crippen molar-refractivity contribution in [3.05, 3.63) is 27.7 Å². The first-order valence-electron chi connectivity index (χ1n) is 6.12. The Morgan fingerprint density at radius 2 is 2.22 bits per heavy atom. The number of phenolic OH excluding ortho intramolecular Hbond substituents is 1. The molecule has 1 fully saturated rings. The SMILES string of the molecule is CC(N)C1CCN(Cc2cc(Cl)cc(Cl)c2O)C1. The van der Waals surface area contributed by atoms with E-state index >= 15 is 0 Å². The van der Waals surface area contributed by atoms with E-state index in [0.29, 0.717) is 22.5 Å². The minimum Gasteiger partial charge on any atom is -0.506 e. The largest absolute Gasteiger partial charge is 0.506 e. The van der Waals surface area contributed by atoms with Gasteiger partial charge in [0.05, 0.1) is 5.02 Å². The Bertz CT molecular complexity index is 437. The predicted octanol–water partition coefficient (Wildman–Crippen LogP) is 2.87. The molecule has 2 unspecified atom stereocenters. The maximum Gasteiger partial charge on any atom is 0.138 e. The maximum absolute atomic E-state index is 9.92. The van der Waals surface area contributed by atoms with Crippen molar-refractivity contribution in [1.82, 2.24) is 4.90 Å². The van der Waals surface area contributed by atoms with E-state index in [0.717, 1.165) is 25.1 Å². The van der Waals surface area contributed by atoms with Crippen molar-refractivity contribution in [3.63, 3.8) is 0 Å². The van der Waals surface area contributed by atoms with Crippen LogP contribution in [0.25, 0.3) is 0 Å². The molecule has 0 saturated carbocycles. The Morgan fingerprint density at radius 3 is 2.83 bits per heavy atom. The molecule has 0 radical (unpaired) electrons. The highest BCUT2D eigenvalue weighted by atomic mass is 35.5. The van der Waals surface area contributed by atoms with E-state index in [1.54, 1.807) is 12.1 Å². The van der Waals surface area contributed by atoms with E-state index < -0.39 is 0 Å². The van der Waals surface area contributed by atoms with Crippen LogP contribution in [-0.2, 0) is 6.54 Å². The van der Waals surface area contributed by atoms with Crippen molar-refractivity contribution >= 4 is 23.2 Å². The second-order valence-corrected chi connectivity index (χ2v) is 5.88. The summed E-state index contributed by atoms with van der Waals surface area (Å²) in [5.41, 5.74) is 6.69. The number of aromatic hydroxyl groups is 1. The zero-order chi connectivity index (χ0) is 13.3. The Kier molecular flexibility index (Phi) is 4.38. The zero-order valence-corrected chi connectivity index (χ0v) is 11.9. The summed E-state index contributed by atoms with van der Waals surface area (Å²) in [5.74, 6) is 0.659. The quantitative estimate of drug-likeness (QED) is 0.899. The summed E-state index contributed by atoms with van der Waals surface area (Å²) in [5, 5.41) is 10.8. The summed E-state index contributed by atoms with van der Waals surface area (Å²) in [6.45, 7) is 4.66. The van der Waals surface area contributed by atoms with Crippen molar-refractivity contribution < 1.29 is 5.11 Å². The second-order valence-electron chi connectivity index (χ2n) is 5.04. The number of rotatable bonds is 3. The number of hydrogen-bond donors (Lipinski definition) is 2. The summed E-state index contributed by atoms with van der Waals surface area (Å²) in [6, 6.07) is 3.53. The van der Waals surface area contributed by atoms with Crippen LogP contribution in [0.5, 0.6) is 5.75 Å². The number of halogens is 2. The standard InChI is InChI=1S/C13H18Cl2N2O/c1-8(16)9-2-3-17(6-9)7-10-4-11(14)5-12(15)13(10)18/h4-5,8-9,18H,2-3,6-7,16H2,1H3. The van der Waals surface area contributed by atoms with E-state index in [1.165, 1.54) is 0 Å². The van der Waals surface area contributed by atoms with E-state index in [9.17, 15) is 5.11 Å². The zero-order valence-electron chi connectivity index (χ0n) is 10.4. The molecule has 0 aliphatic carbocycles. The lowest BCUT2D eigenvalue weighted by Gasteiger charge is -2.18. The van der Waals surface area contributed by atoms with E-state index in [1.807, 2.05) is 6.92 Å². The molecule has 1 saturated heterocycles. The van der Waals surface area contributed by atoms with Crippen LogP contribution in [0.2, 0.25) is 10.0 Å². The fraction of sp³-hybridized carbons (Fsp3) is 0.538. The van der Waals surface area contributed by atoms with Crippen LogP contribution >= 0.6 is 23.2 Å². The van der Waals surface area contributed by atoms with Crippen molar-refractivity contribution in [3.8, 4) is 5.75 Å². The third-order valence-corrected chi connectivity index (χ3v) is 4.06. The molecule has 5 heteroatoms. The highest BCUT2D eigenvalue weighted by molar-refractivity contribution is 6.35. The van der Waals surface area contributed by atoms with Gasteiger partial charge in [-0.3, -0.25) is 4.90 Å². The topological polar surface area (TPSA) is 49.5 Å². The molecule has 100 valence electrons. The van der Waals surface area contributed by atoms with Crippen LogP contribution in [0.1, 0.15) is 18.9 Å². The molecule has 1 aliphatic rings. The average molecular weight is 289 g/mol. The lowest BCUT2D eigenvalue weighted by Crippen LogP contribution is -2.29. The Hall–Kier alpha value is -0.480. The van der Waals surface area contributed by atoms with Crippen molar-refractivity contribution in [2.24, 2.45) is 11.7 Å². The average Bonchev–Trinajstić information content (AvgIpc) is 2.74. The molecule has 1 aliphatic heterocycles. The lowest BCUT2D eigenvalue weighted by atomic mass is 10.0. The van der Waals surface area contributed by atoms with Gasteiger partial charge in [-0.05, 0) is 37.9 Å². The van der Waals surface area contributed by atoms with Gasteiger partial charge in [-0.15, -0.1) is 0 Å². The molecule has 1 aromatic rings. The minimum absolute atomic E-state index is 0.130. The third-order valence-electron chi connectivity index (χ3n) is 3.55. The van der Waals surface area contributed by atoms with Crippen LogP contribution < -0.4 is 5.73 Å². The number of hydrogen-bond acceptors (Lipinski definition) is 3. The van der Waals surface area contributed by atoms with Crippen LogP contribution in [0, 0.1) is 5.92 Å². The molecule has 0 aromatic heterocycles. The third kappa shape index (κ3) is 3.09.